The summed E-state index contributed by atoms with van der Waals surface area (Å²) in [5.74, 6) is 0.527. The monoisotopic (exact) mass is 247 g/mol. The molecule has 2 aromatic rings. The first-order valence-electron chi connectivity index (χ1n) is 5.31. The first-order valence-corrected chi connectivity index (χ1v) is 6.19. The average molecular weight is 247 g/mol. The third-order valence-corrected chi connectivity index (χ3v) is 2.98. The normalized spacial score (nSPS) is 11.5. The highest BCUT2D eigenvalue weighted by Gasteiger charge is 2.05. The van der Waals surface area contributed by atoms with Gasteiger partial charge in [0.05, 0.1) is 0 Å². The predicted octanol–water partition coefficient (Wildman–Crippen LogP) is 4.39. The summed E-state index contributed by atoms with van der Waals surface area (Å²) in [5.41, 5.74) is 1.60. The van der Waals surface area contributed by atoms with Crippen LogP contribution in [0.1, 0.15) is 25.3 Å². The number of azo groups is 1. The van der Waals surface area contributed by atoms with E-state index in [9.17, 15) is 5.11 Å². The minimum atomic E-state index is 0.134. The summed E-state index contributed by atoms with van der Waals surface area (Å²) < 4.78 is 0. The Bertz CT molecular complexity index is 521. The molecule has 0 atom stereocenters. The Labute approximate surface area is 104 Å². The van der Waals surface area contributed by atoms with Gasteiger partial charge in [-0.15, -0.1) is 21.6 Å². The van der Waals surface area contributed by atoms with E-state index in [0.717, 1.165) is 5.56 Å². The molecule has 0 aliphatic heterocycles. The van der Waals surface area contributed by atoms with E-state index in [1.807, 2.05) is 17.5 Å². The van der Waals surface area contributed by atoms with Gasteiger partial charge in [-0.2, -0.15) is 0 Å². The van der Waals surface area contributed by atoms with Crippen molar-refractivity contribution in [3.05, 3.63) is 35.3 Å². The van der Waals surface area contributed by atoms with Gasteiger partial charge in [-0.3, -0.25) is 0 Å². The highest BCUT2D eigenvalue weighted by atomic mass is 32.1. The lowest BCUT2D eigenvalue weighted by molar-refractivity contribution is 0.476. The SMILES string of the molecule is CC(C)c1ccc(O)c(N=Nc2nccs2)c1. The molecule has 0 spiro atoms. The van der Waals surface area contributed by atoms with Crippen LogP contribution in [-0.2, 0) is 0 Å². The maximum atomic E-state index is 9.67. The molecule has 0 bridgehead atoms. The fourth-order valence-electron chi connectivity index (χ4n) is 1.34. The fourth-order valence-corrected chi connectivity index (χ4v) is 1.79. The number of rotatable bonds is 3. The molecular formula is C12H13N3OS. The number of aromatic nitrogens is 1. The number of phenolic OH excluding ortho intramolecular Hbond substituents is 1. The van der Waals surface area contributed by atoms with Crippen LogP contribution in [0.4, 0.5) is 10.8 Å². The molecule has 1 aromatic heterocycles. The summed E-state index contributed by atoms with van der Waals surface area (Å²) in [6.45, 7) is 4.18. The molecule has 0 saturated carbocycles. The molecule has 0 aliphatic rings. The van der Waals surface area contributed by atoms with Crippen LogP contribution in [0, 0.1) is 0 Å². The van der Waals surface area contributed by atoms with Crippen LogP contribution >= 0.6 is 11.3 Å². The Morgan fingerprint density at radius 2 is 2.12 bits per heavy atom. The van der Waals surface area contributed by atoms with Crippen LogP contribution in [0.25, 0.3) is 0 Å². The van der Waals surface area contributed by atoms with Gasteiger partial charge in [-0.05, 0) is 23.6 Å². The van der Waals surface area contributed by atoms with Gasteiger partial charge in [0.1, 0.15) is 11.4 Å². The van der Waals surface area contributed by atoms with Crippen LogP contribution < -0.4 is 0 Å². The molecule has 5 heteroatoms. The van der Waals surface area contributed by atoms with Crippen molar-refractivity contribution in [2.24, 2.45) is 10.2 Å². The zero-order valence-electron chi connectivity index (χ0n) is 9.66. The standard InChI is InChI=1S/C12H13N3OS/c1-8(2)9-3-4-11(16)10(7-9)14-15-12-13-5-6-17-12/h3-8,16H,1-2H3. The van der Waals surface area contributed by atoms with E-state index in [1.54, 1.807) is 12.3 Å². The topological polar surface area (TPSA) is 57.8 Å². The number of hydrogen-bond donors (Lipinski definition) is 1. The summed E-state index contributed by atoms with van der Waals surface area (Å²) in [4.78, 5) is 3.99. The second kappa shape index (κ2) is 5.05. The molecule has 1 aromatic carbocycles. The molecule has 17 heavy (non-hydrogen) atoms. The molecule has 0 aliphatic carbocycles. The number of benzene rings is 1. The molecule has 2 rings (SSSR count). The average Bonchev–Trinajstić information content (AvgIpc) is 2.80. The summed E-state index contributed by atoms with van der Waals surface area (Å²) >= 11 is 1.41. The quantitative estimate of drug-likeness (QED) is 0.818. The van der Waals surface area contributed by atoms with Gasteiger partial charge < -0.3 is 5.11 Å². The summed E-state index contributed by atoms with van der Waals surface area (Å²) in [5, 5.41) is 20.1. The van der Waals surface area contributed by atoms with Crippen molar-refractivity contribution < 1.29 is 5.11 Å². The predicted molar refractivity (Wildman–Crippen MR) is 68.5 cm³/mol. The lowest BCUT2D eigenvalue weighted by atomic mass is 10.0. The van der Waals surface area contributed by atoms with Crippen molar-refractivity contribution in [2.45, 2.75) is 19.8 Å². The largest absolute Gasteiger partial charge is 0.506 e. The van der Waals surface area contributed by atoms with E-state index < -0.39 is 0 Å². The van der Waals surface area contributed by atoms with Gasteiger partial charge in [0, 0.05) is 11.6 Å². The Balaban J connectivity index is 2.28. The molecular weight excluding hydrogens is 234 g/mol. The zero-order valence-corrected chi connectivity index (χ0v) is 10.5. The van der Waals surface area contributed by atoms with Crippen LogP contribution in [0.2, 0.25) is 0 Å². The second-order valence-corrected chi connectivity index (χ2v) is 4.79. The smallest absolute Gasteiger partial charge is 0.229 e. The van der Waals surface area contributed by atoms with Crippen molar-refractivity contribution in [3.8, 4) is 5.75 Å². The molecule has 0 saturated heterocycles. The Morgan fingerprint density at radius 1 is 1.29 bits per heavy atom. The summed E-state index contributed by atoms with van der Waals surface area (Å²) in [6, 6.07) is 5.38. The van der Waals surface area contributed by atoms with Crippen molar-refractivity contribution in [2.75, 3.05) is 0 Å². The van der Waals surface area contributed by atoms with E-state index in [0.29, 0.717) is 16.7 Å². The van der Waals surface area contributed by atoms with E-state index in [2.05, 4.69) is 29.1 Å². The summed E-state index contributed by atoms with van der Waals surface area (Å²) in [6.07, 6.45) is 1.67. The molecule has 0 unspecified atom stereocenters. The number of nitrogens with zero attached hydrogens (tertiary/aromatic N) is 3. The van der Waals surface area contributed by atoms with Gasteiger partial charge >= 0.3 is 0 Å². The highest BCUT2D eigenvalue weighted by molar-refractivity contribution is 7.13. The lowest BCUT2D eigenvalue weighted by Crippen LogP contribution is -1.85. The van der Waals surface area contributed by atoms with Crippen molar-refractivity contribution >= 4 is 22.2 Å². The van der Waals surface area contributed by atoms with Gasteiger partial charge in [0.2, 0.25) is 5.13 Å². The number of thiazole rings is 1. The number of hydrogen-bond acceptors (Lipinski definition) is 5. The zero-order chi connectivity index (χ0) is 12.3. The third-order valence-electron chi connectivity index (χ3n) is 2.33. The molecule has 0 radical (unpaired) electrons. The van der Waals surface area contributed by atoms with Crippen molar-refractivity contribution in [3.63, 3.8) is 0 Å². The highest BCUT2D eigenvalue weighted by Crippen LogP contribution is 2.31. The lowest BCUT2D eigenvalue weighted by Gasteiger charge is -2.06. The van der Waals surface area contributed by atoms with E-state index in [1.165, 1.54) is 11.3 Å². The maximum Gasteiger partial charge on any atom is 0.229 e. The van der Waals surface area contributed by atoms with Crippen molar-refractivity contribution in [1.29, 1.82) is 0 Å². The number of phenols is 1. The van der Waals surface area contributed by atoms with Gasteiger partial charge in [-0.1, -0.05) is 19.9 Å². The Kier molecular flexibility index (Phi) is 3.49. The minimum Gasteiger partial charge on any atom is -0.506 e. The van der Waals surface area contributed by atoms with Crippen LogP contribution in [0.5, 0.6) is 5.75 Å². The molecule has 0 fully saturated rings. The molecule has 88 valence electrons. The van der Waals surface area contributed by atoms with Gasteiger partial charge in [0.25, 0.3) is 0 Å². The first-order chi connectivity index (χ1) is 8.16. The van der Waals surface area contributed by atoms with E-state index in [4.69, 9.17) is 0 Å². The van der Waals surface area contributed by atoms with Gasteiger partial charge in [0.15, 0.2) is 0 Å². The first kappa shape index (κ1) is 11.7. The fraction of sp³-hybridized carbons (Fsp3) is 0.250. The second-order valence-electron chi connectivity index (χ2n) is 3.92. The van der Waals surface area contributed by atoms with Crippen LogP contribution in [0.3, 0.4) is 0 Å². The van der Waals surface area contributed by atoms with Crippen LogP contribution in [-0.4, -0.2) is 10.1 Å². The maximum absolute atomic E-state index is 9.67. The Hall–Kier alpha value is -1.75. The molecule has 1 heterocycles. The van der Waals surface area contributed by atoms with Crippen LogP contribution in [0.15, 0.2) is 40.0 Å². The Morgan fingerprint density at radius 3 is 2.76 bits per heavy atom. The minimum absolute atomic E-state index is 0.134. The molecule has 4 nitrogen and oxygen atoms in total. The van der Waals surface area contributed by atoms with E-state index in [-0.39, 0.29) is 5.75 Å². The molecule has 0 amide bonds. The van der Waals surface area contributed by atoms with E-state index >= 15 is 0 Å². The summed E-state index contributed by atoms with van der Waals surface area (Å²) in [7, 11) is 0. The number of aromatic hydroxyl groups is 1. The van der Waals surface area contributed by atoms with Crippen molar-refractivity contribution in [1.82, 2.24) is 4.98 Å². The third kappa shape index (κ3) is 2.88. The molecule has 1 N–H and O–H groups in total. The van der Waals surface area contributed by atoms with Gasteiger partial charge in [-0.25, -0.2) is 4.98 Å².